The molecule has 17 heavy (non-hydrogen) atoms. The van der Waals surface area contributed by atoms with E-state index in [1.54, 1.807) is 0 Å². The fourth-order valence-electron chi connectivity index (χ4n) is 1.63. The van der Waals surface area contributed by atoms with Gasteiger partial charge in [0.1, 0.15) is 10.7 Å². The zero-order chi connectivity index (χ0) is 12.1. The van der Waals surface area contributed by atoms with Gasteiger partial charge in [-0.05, 0) is 25.2 Å². The van der Waals surface area contributed by atoms with Crippen molar-refractivity contribution in [2.24, 2.45) is 11.0 Å². The maximum absolute atomic E-state index is 11.2. The lowest BCUT2D eigenvalue weighted by molar-refractivity contribution is 0.627. The van der Waals surface area contributed by atoms with E-state index < -0.39 is 5.56 Å². The van der Waals surface area contributed by atoms with E-state index in [0.29, 0.717) is 11.6 Å². The lowest BCUT2D eigenvalue weighted by Gasteiger charge is -2.11. The second kappa shape index (κ2) is 5.63. The van der Waals surface area contributed by atoms with E-state index in [9.17, 15) is 4.79 Å². The molecule has 0 saturated carbocycles. The van der Waals surface area contributed by atoms with E-state index in [0.717, 1.165) is 19.3 Å². The van der Waals surface area contributed by atoms with Gasteiger partial charge in [0.05, 0.1) is 6.20 Å². The maximum atomic E-state index is 11.2. The Morgan fingerprint density at radius 1 is 1.59 bits per heavy atom. The number of hydrogen-bond acceptors (Lipinski definition) is 4. The first-order valence-corrected chi connectivity index (χ1v) is 5.82. The monoisotopic (exact) mass is 252 g/mol. The molecule has 90 valence electrons. The fraction of sp³-hybridized carbons (Fsp3) is 0.364. The number of anilines is 1. The minimum atomic E-state index is -0.424. The zero-order valence-electron chi connectivity index (χ0n) is 9.19. The summed E-state index contributed by atoms with van der Waals surface area (Å²) in [6, 6.07) is 0. The van der Waals surface area contributed by atoms with Gasteiger partial charge in [0.25, 0.3) is 5.56 Å². The van der Waals surface area contributed by atoms with Crippen LogP contribution in [0.15, 0.2) is 28.2 Å². The summed E-state index contributed by atoms with van der Waals surface area (Å²) in [6.07, 6.45) is 10.8. The smallest absolute Gasteiger partial charge is 0.275 e. The summed E-state index contributed by atoms with van der Waals surface area (Å²) < 4.78 is 0. The van der Waals surface area contributed by atoms with Gasteiger partial charge in [0.15, 0.2) is 0 Å². The number of aromatic nitrogens is 2. The summed E-state index contributed by atoms with van der Waals surface area (Å²) in [5.74, 6) is 0.446. The third-order valence-electron chi connectivity index (χ3n) is 2.58. The van der Waals surface area contributed by atoms with Crippen LogP contribution in [0.3, 0.4) is 0 Å². The van der Waals surface area contributed by atoms with Crippen molar-refractivity contribution in [3.63, 3.8) is 0 Å². The average molecular weight is 253 g/mol. The molecular formula is C11H13ClN4O. The SMILES string of the molecule is O=c1[nH]ncc(N/N=C/[C@@H]2CC=CCC2)c1Cl. The van der Waals surface area contributed by atoms with Gasteiger partial charge in [0, 0.05) is 6.21 Å². The van der Waals surface area contributed by atoms with Crippen molar-refractivity contribution in [1.29, 1.82) is 0 Å². The number of nitrogens with one attached hydrogen (secondary N) is 2. The summed E-state index contributed by atoms with van der Waals surface area (Å²) in [7, 11) is 0. The van der Waals surface area contributed by atoms with Crippen LogP contribution in [0, 0.1) is 5.92 Å². The normalized spacial score (nSPS) is 19.7. The predicted molar refractivity (Wildman–Crippen MR) is 68.5 cm³/mol. The number of hydrazone groups is 1. The molecule has 0 saturated heterocycles. The summed E-state index contributed by atoms with van der Waals surface area (Å²) in [4.78, 5) is 11.2. The maximum Gasteiger partial charge on any atom is 0.285 e. The lowest BCUT2D eigenvalue weighted by Crippen LogP contribution is -2.10. The molecule has 0 fully saturated rings. The standard InChI is InChI=1S/C11H13ClN4O/c12-10-9(7-14-16-11(10)17)15-13-6-8-4-2-1-3-5-8/h1-2,6-8H,3-5H2,(H2,15,16,17)/b13-6+/t8-/m1/s1. The van der Waals surface area contributed by atoms with Crippen molar-refractivity contribution in [3.05, 3.63) is 33.7 Å². The highest BCUT2D eigenvalue weighted by atomic mass is 35.5. The largest absolute Gasteiger partial charge is 0.285 e. The van der Waals surface area contributed by atoms with Crippen LogP contribution < -0.4 is 11.0 Å². The molecule has 1 aromatic heterocycles. The van der Waals surface area contributed by atoms with Crippen LogP contribution in [0.2, 0.25) is 5.02 Å². The minimum Gasteiger partial charge on any atom is -0.275 e. The highest BCUT2D eigenvalue weighted by Crippen LogP contribution is 2.17. The lowest BCUT2D eigenvalue weighted by atomic mass is 9.96. The van der Waals surface area contributed by atoms with E-state index in [2.05, 4.69) is 32.9 Å². The second-order valence-corrected chi connectivity index (χ2v) is 4.24. The third kappa shape index (κ3) is 3.17. The number of rotatable bonds is 3. The number of nitrogens with zero attached hydrogens (tertiary/aromatic N) is 2. The van der Waals surface area contributed by atoms with E-state index in [-0.39, 0.29) is 5.02 Å². The summed E-state index contributed by atoms with van der Waals surface area (Å²) >= 11 is 5.78. The quantitative estimate of drug-likeness (QED) is 0.492. The van der Waals surface area contributed by atoms with Crippen LogP contribution in [-0.4, -0.2) is 16.4 Å². The molecule has 0 unspecified atom stereocenters. The molecule has 1 aromatic rings. The molecule has 0 spiro atoms. The Balaban J connectivity index is 1.97. The summed E-state index contributed by atoms with van der Waals surface area (Å²) in [5.41, 5.74) is 2.72. The van der Waals surface area contributed by atoms with Gasteiger partial charge in [0.2, 0.25) is 0 Å². The Hall–Kier alpha value is -1.62. The molecule has 1 heterocycles. The first kappa shape index (κ1) is 11.9. The molecule has 2 rings (SSSR count). The highest BCUT2D eigenvalue weighted by molar-refractivity contribution is 6.32. The summed E-state index contributed by atoms with van der Waals surface area (Å²) in [6.45, 7) is 0. The Bertz CT molecular complexity index is 494. The van der Waals surface area contributed by atoms with Crippen molar-refractivity contribution in [2.75, 3.05) is 5.43 Å². The fourth-order valence-corrected chi connectivity index (χ4v) is 1.76. The van der Waals surface area contributed by atoms with Gasteiger partial charge in [-0.2, -0.15) is 10.2 Å². The van der Waals surface area contributed by atoms with Gasteiger partial charge < -0.3 is 0 Å². The number of hydrogen-bond donors (Lipinski definition) is 2. The van der Waals surface area contributed by atoms with Crippen molar-refractivity contribution < 1.29 is 0 Å². The first-order valence-electron chi connectivity index (χ1n) is 5.45. The van der Waals surface area contributed by atoms with Gasteiger partial charge >= 0.3 is 0 Å². The molecule has 0 bridgehead atoms. The van der Waals surface area contributed by atoms with E-state index in [1.807, 2.05) is 6.21 Å². The average Bonchev–Trinajstić information content (AvgIpc) is 2.36. The van der Waals surface area contributed by atoms with Crippen molar-refractivity contribution in [3.8, 4) is 0 Å². The molecule has 0 radical (unpaired) electrons. The summed E-state index contributed by atoms with van der Waals surface area (Å²) in [5, 5.41) is 10.0. The Morgan fingerprint density at radius 2 is 2.47 bits per heavy atom. The topological polar surface area (TPSA) is 70.1 Å². The second-order valence-electron chi connectivity index (χ2n) is 3.86. The highest BCUT2D eigenvalue weighted by Gasteiger charge is 2.07. The first-order chi connectivity index (χ1) is 8.27. The van der Waals surface area contributed by atoms with Gasteiger partial charge in [-0.1, -0.05) is 23.8 Å². The van der Waals surface area contributed by atoms with Crippen LogP contribution in [-0.2, 0) is 0 Å². The molecule has 5 nitrogen and oxygen atoms in total. The zero-order valence-corrected chi connectivity index (χ0v) is 9.94. The molecule has 2 N–H and O–H groups in total. The van der Waals surface area contributed by atoms with Gasteiger partial charge in [-0.25, -0.2) is 5.10 Å². The van der Waals surface area contributed by atoms with Crippen LogP contribution in [0.4, 0.5) is 5.69 Å². The van der Waals surface area contributed by atoms with Crippen molar-refractivity contribution in [2.45, 2.75) is 19.3 Å². The number of allylic oxidation sites excluding steroid dienone is 2. The Morgan fingerprint density at radius 3 is 3.24 bits per heavy atom. The third-order valence-corrected chi connectivity index (χ3v) is 2.95. The molecule has 0 aromatic carbocycles. The number of H-pyrrole nitrogens is 1. The Labute approximate surface area is 104 Å². The molecular weight excluding hydrogens is 240 g/mol. The van der Waals surface area contributed by atoms with Crippen LogP contribution in [0.1, 0.15) is 19.3 Å². The number of aromatic amines is 1. The van der Waals surface area contributed by atoms with E-state index in [4.69, 9.17) is 11.6 Å². The minimum absolute atomic E-state index is 0.0701. The molecule has 1 aliphatic rings. The molecule has 0 aliphatic heterocycles. The molecule has 6 heteroatoms. The van der Waals surface area contributed by atoms with Crippen molar-refractivity contribution >= 4 is 23.5 Å². The van der Waals surface area contributed by atoms with Crippen LogP contribution in [0.25, 0.3) is 0 Å². The predicted octanol–water partition coefficient (Wildman–Crippen LogP) is 2.18. The molecule has 0 amide bonds. The van der Waals surface area contributed by atoms with Gasteiger partial charge in [-0.3, -0.25) is 10.2 Å². The van der Waals surface area contributed by atoms with Crippen LogP contribution in [0.5, 0.6) is 0 Å². The molecule has 1 atom stereocenters. The molecule has 1 aliphatic carbocycles. The van der Waals surface area contributed by atoms with Crippen LogP contribution >= 0.6 is 11.6 Å². The van der Waals surface area contributed by atoms with E-state index >= 15 is 0 Å². The number of halogens is 1. The van der Waals surface area contributed by atoms with Gasteiger partial charge in [-0.15, -0.1) is 0 Å². The van der Waals surface area contributed by atoms with Crippen molar-refractivity contribution in [1.82, 2.24) is 10.2 Å². The van der Waals surface area contributed by atoms with E-state index in [1.165, 1.54) is 6.20 Å². The Kier molecular flexibility index (Phi) is 3.93.